The lowest BCUT2D eigenvalue weighted by Crippen LogP contribution is -2.32. The number of methoxy groups -OCH3 is 1. The zero-order chi connectivity index (χ0) is 23.4. The van der Waals surface area contributed by atoms with Crippen LogP contribution in [0.25, 0.3) is 10.9 Å². The standard InChI is InChI=1S/C24H26N2O6S/c1-31-22-11-10-17(14-23(22)33(29,30)26-12-6-2-3-7-13-26)24(28)32-16-21(27)19-15-25-20-9-5-4-8-18(19)20/h4-5,8-11,14-15,25H,2-3,6-7,12-13,16H2,1H3. The highest BCUT2D eigenvalue weighted by atomic mass is 32.2. The van der Waals surface area contributed by atoms with Crippen LogP contribution >= 0.6 is 0 Å². The van der Waals surface area contributed by atoms with Gasteiger partial charge in [-0.1, -0.05) is 31.0 Å². The topological polar surface area (TPSA) is 106 Å². The second-order valence-corrected chi connectivity index (χ2v) is 9.84. The Bertz CT molecular complexity index is 1270. The molecule has 0 atom stereocenters. The number of benzene rings is 2. The van der Waals surface area contributed by atoms with Crippen LogP contribution in [0.5, 0.6) is 5.75 Å². The van der Waals surface area contributed by atoms with Gasteiger partial charge in [0.15, 0.2) is 6.61 Å². The number of carbonyl (C=O) groups is 2. The van der Waals surface area contributed by atoms with E-state index in [2.05, 4.69) is 4.98 Å². The molecule has 0 spiro atoms. The number of hydrogen-bond donors (Lipinski definition) is 1. The minimum absolute atomic E-state index is 0.0379. The van der Waals surface area contributed by atoms with Crippen LogP contribution in [0.4, 0.5) is 0 Å². The zero-order valence-corrected chi connectivity index (χ0v) is 19.2. The maximum atomic E-state index is 13.3. The molecule has 0 aliphatic carbocycles. The molecule has 8 nitrogen and oxygen atoms in total. The van der Waals surface area contributed by atoms with E-state index in [1.807, 2.05) is 24.3 Å². The van der Waals surface area contributed by atoms with E-state index in [0.717, 1.165) is 36.6 Å². The average Bonchev–Trinajstić information content (AvgIpc) is 3.06. The van der Waals surface area contributed by atoms with E-state index in [1.165, 1.54) is 29.6 Å². The first-order valence-corrected chi connectivity index (χ1v) is 12.3. The fourth-order valence-electron chi connectivity index (χ4n) is 4.02. The number of ether oxygens (including phenoxy) is 2. The number of aromatic nitrogens is 1. The maximum absolute atomic E-state index is 13.3. The number of ketones is 1. The van der Waals surface area contributed by atoms with Crippen molar-refractivity contribution in [2.24, 2.45) is 0 Å². The van der Waals surface area contributed by atoms with Gasteiger partial charge in [-0.15, -0.1) is 0 Å². The largest absolute Gasteiger partial charge is 0.495 e. The third-order valence-electron chi connectivity index (χ3n) is 5.81. The quantitative estimate of drug-likeness (QED) is 0.416. The number of sulfonamides is 1. The van der Waals surface area contributed by atoms with Crippen molar-refractivity contribution in [2.75, 3.05) is 26.8 Å². The van der Waals surface area contributed by atoms with Crippen LogP contribution in [-0.4, -0.2) is 56.3 Å². The molecular formula is C24H26N2O6S. The number of Topliss-reactive ketones (excluding diaryl/α,β-unsaturated/α-hetero) is 1. The Hall–Kier alpha value is -3.17. The molecule has 0 radical (unpaired) electrons. The van der Waals surface area contributed by atoms with E-state index in [9.17, 15) is 18.0 Å². The molecule has 174 valence electrons. The van der Waals surface area contributed by atoms with Gasteiger partial charge in [0.05, 0.1) is 12.7 Å². The van der Waals surface area contributed by atoms with Crippen molar-refractivity contribution < 1.29 is 27.5 Å². The van der Waals surface area contributed by atoms with Crippen LogP contribution < -0.4 is 4.74 Å². The molecule has 1 N–H and O–H groups in total. The van der Waals surface area contributed by atoms with Crippen LogP contribution in [-0.2, 0) is 14.8 Å². The normalized spacial score (nSPS) is 15.2. The first kappa shape index (κ1) is 23.0. The van der Waals surface area contributed by atoms with E-state index >= 15 is 0 Å². The minimum Gasteiger partial charge on any atom is -0.495 e. The number of aromatic amines is 1. The van der Waals surface area contributed by atoms with Gasteiger partial charge in [0.25, 0.3) is 0 Å². The molecule has 1 aromatic heterocycles. The molecule has 0 amide bonds. The van der Waals surface area contributed by atoms with Gasteiger partial charge in [0, 0.05) is 35.8 Å². The first-order chi connectivity index (χ1) is 15.9. The summed E-state index contributed by atoms with van der Waals surface area (Å²) in [7, 11) is -2.46. The number of carbonyl (C=O) groups excluding carboxylic acids is 2. The van der Waals surface area contributed by atoms with Crippen molar-refractivity contribution in [2.45, 2.75) is 30.6 Å². The van der Waals surface area contributed by atoms with Crippen LogP contribution in [0, 0.1) is 0 Å². The molecule has 1 fully saturated rings. The van der Waals surface area contributed by atoms with Crippen molar-refractivity contribution in [1.29, 1.82) is 0 Å². The van der Waals surface area contributed by atoms with Crippen LogP contribution in [0.3, 0.4) is 0 Å². The van der Waals surface area contributed by atoms with Gasteiger partial charge in [-0.05, 0) is 37.1 Å². The first-order valence-electron chi connectivity index (χ1n) is 10.9. The Morgan fingerprint density at radius 3 is 2.48 bits per heavy atom. The maximum Gasteiger partial charge on any atom is 0.338 e. The summed E-state index contributed by atoms with van der Waals surface area (Å²) in [5, 5.41) is 0.744. The molecule has 3 aromatic rings. The van der Waals surface area contributed by atoms with Crippen molar-refractivity contribution in [3.05, 3.63) is 59.8 Å². The Balaban J connectivity index is 1.53. The number of para-hydroxylation sites is 1. The second-order valence-electron chi connectivity index (χ2n) is 7.93. The third kappa shape index (κ3) is 4.79. The lowest BCUT2D eigenvalue weighted by atomic mass is 10.1. The molecule has 0 bridgehead atoms. The van der Waals surface area contributed by atoms with Gasteiger partial charge in [-0.2, -0.15) is 4.31 Å². The van der Waals surface area contributed by atoms with Gasteiger partial charge in [0.1, 0.15) is 10.6 Å². The molecule has 2 heterocycles. The highest BCUT2D eigenvalue weighted by Crippen LogP contribution is 2.29. The summed E-state index contributed by atoms with van der Waals surface area (Å²) in [6.07, 6.45) is 5.14. The van der Waals surface area contributed by atoms with E-state index in [1.54, 1.807) is 6.20 Å². The molecule has 1 aliphatic rings. The molecule has 9 heteroatoms. The molecule has 0 saturated carbocycles. The summed E-state index contributed by atoms with van der Waals surface area (Å²) in [6, 6.07) is 11.5. The third-order valence-corrected chi connectivity index (χ3v) is 7.73. The van der Waals surface area contributed by atoms with Gasteiger partial charge >= 0.3 is 5.97 Å². The number of H-pyrrole nitrogens is 1. The fraction of sp³-hybridized carbons (Fsp3) is 0.333. The SMILES string of the molecule is COc1ccc(C(=O)OCC(=O)c2c[nH]c3ccccc23)cc1S(=O)(=O)N1CCCCCC1. The van der Waals surface area contributed by atoms with Crippen molar-refractivity contribution in [1.82, 2.24) is 9.29 Å². The van der Waals surface area contributed by atoms with E-state index in [-0.39, 0.29) is 22.0 Å². The smallest absolute Gasteiger partial charge is 0.338 e. The van der Waals surface area contributed by atoms with E-state index in [0.29, 0.717) is 18.7 Å². The Morgan fingerprint density at radius 2 is 1.76 bits per heavy atom. The van der Waals surface area contributed by atoms with Gasteiger partial charge in [0.2, 0.25) is 15.8 Å². The number of esters is 1. The van der Waals surface area contributed by atoms with E-state index < -0.39 is 22.6 Å². The van der Waals surface area contributed by atoms with Gasteiger partial charge in [-0.25, -0.2) is 13.2 Å². The molecule has 33 heavy (non-hydrogen) atoms. The number of rotatable bonds is 7. The Labute approximate surface area is 192 Å². The summed E-state index contributed by atoms with van der Waals surface area (Å²) in [6.45, 7) is 0.402. The van der Waals surface area contributed by atoms with Gasteiger partial charge < -0.3 is 14.5 Å². The molecule has 0 unspecified atom stereocenters. The van der Waals surface area contributed by atoms with Crippen LogP contribution in [0.15, 0.2) is 53.6 Å². The molecule has 4 rings (SSSR count). The predicted molar refractivity (Wildman–Crippen MR) is 123 cm³/mol. The average molecular weight is 471 g/mol. The number of nitrogens with zero attached hydrogens (tertiary/aromatic N) is 1. The van der Waals surface area contributed by atoms with Crippen LogP contribution in [0.2, 0.25) is 0 Å². The summed E-state index contributed by atoms with van der Waals surface area (Å²) >= 11 is 0. The highest BCUT2D eigenvalue weighted by molar-refractivity contribution is 7.89. The lowest BCUT2D eigenvalue weighted by molar-refractivity contribution is 0.0475. The van der Waals surface area contributed by atoms with Gasteiger partial charge in [-0.3, -0.25) is 4.79 Å². The molecular weight excluding hydrogens is 444 g/mol. The summed E-state index contributed by atoms with van der Waals surface area (Å²) < 4.78 is 38.5. The molecule has 2 aromatic carbocycles. The fourth-order valence-corrected chi connectivity index (χ4v) is 5.72. The highest BCUT2D eigenvalue weighted by Gasteiger charge is 2.29. The predicted octanol–water partition coefficient (Wildman–Crippen LogP) is 3.78. The van der Waals surface area contributed by atoms with Crippen molar-refractivity contribution in [3.8, 4) is 5.75 Å². The Kier molecular flexibility index (Phi) is 6.80. The second kappa shape index (κ2) is 9.76. The number of hydrogen-bond acceptors (Lipinski definition) is 6. The van der Waals surface area contributed by atoms with E-state index in [4.69, 9.17) is 9.47 Å². The number of fused-ring (bicyclic) bond motifs is 1. The summed E-state index contributed by atoms with van der Waals surface area (Å²) in [5.74, 6) is -0.976. The molecule has 1 saturated heterocycles. The monoisotopic (exact) mass is 470 g/mol. The van der Waals surface area contributed by atoms with Crippen molar-refractivity contribution >= 4 is 32.7 Å². The Morgan fingerprint density at radius 1 is 1.03 bits per heavy atom. The van der Waals surface area contributed by atoms with Crippen LogP contribution in [0.1, 0.15) is 46.4 Å². The summed E-state index contributed by atoms with van der Waals surface area (Å²) in [5.41, 5.74) is 1.28. The lowest BCUT2D eigenvalue weighted by Gasteiger charge is -2.21. The number of nitrogens with one attached hydrogen (secondary N) is 1. The zero-order valence-electron chi connectivity index (χ0n) is 18.4. The summed E-state index contributed by atoms with van der Waals surface area (Å²) in [4.78, 5) is 28.2. The molecule has 1 aliphatic heterocycles. The minimum atomic E-state index is -3.85. The van der Waals surface area contributed by atoms with Crippen molar-refractivity contribution in [3.63, 3.8) is 0 Å².